The highest BCUT2D eigenvalue weighted by molar-refractivity contribution is 5.49. The predicted molar refractivity (Wildman–Crippen MR) is 77.0 cm³/mol. The van der Waals surface area contributed by atoms with Gasteiger partial charge in [-0.3, -0.25) is 10.1 Å². The Hall–Kier alpha value is -1.66. The van der Waals surface area contributed by atoms with E-state index >= 15 is 0 Å². The van der Waals surface area contributed by atoms with E-state index in [4.69, 9.17) is 4.74 Å². The number of hydrogen-bond donors (Lipinski definition) is 2. The third-order valence-corrected chi connectivity index (χ3v) is 3.18. The van der Waals surface area contributed by atoms with E-state index < -0.39 is 4.92 Å². The average Bonchev–Trinajstić information content (AvgIpc) is 2.44. The maximum atomic E-state index is 11.1. The van der Waals surface area contributed by atoms with Crippen LogP contribution in [-0.4, -0.2) is 29.3 Å². The van der Waals surface area contributed by atoms with Crippen LogP contribution in [-0.2, 0) is 0 Å². The van der Waals surface area contributed by atoms with E-state index in [1.807, 2.05) is 13.8 Å². The van der Waals surface area contributed by atoms with Crippen LogP contribution in [0.15, 0.2) is 18.2 Å². The van der Waals surface area contributed by atoms with Crippen molar-refractivity contribution in [1.29, 1.82) is 0 Å². The first-order valence-electron chi connectivity index (χ1n) is 6.81. The molecule has 1 aromatic rings. The van der Waals surface area contributed by atoms with Crippen LogP contribution in [0.5, 0.6) is 5.75 Å². The van der Waals surface area contributed by atoms with Crippen molar-refractivity contribution >= 4 is 5.69 Å². The number of aliphatic hydroxyl groups excluding tert-OH is 1. The molecule has 2 unspecified atom stereocenters. The summed E-state index contributed by atoms with van der Waals surface area (Å²) in [7, 11) is 0. The number of nitro groups is 1. The molecule has 1 rings (SSSR count). The van der Waals surface area contributed by atoms with Crippen molar-refractivity contribution in [2.75, 3.05) is 13.2 Å². The minimum atomic E-state index is -0.440. The van der Waals surface area contributed by atoms with Crippen LogP contribution >= 0.6 is 0 Å². The lowest BCUT2D eigenvalue weighted by Crippen LogP contribution is -2.33. The number of nitrogens with zero attached hydrogens (tertiary/aromatic N) is 1. The molecule has 0 saturated carbocycles. The number of rotatable bonds is 8. The van der Waals surface area contributed by atoms with Gasteiger partial charge in [0.2, 0.25) is 0 Å². The first-order chi connectivity index (χ1) is 9.53. The molecule has 0 spiro atoms. The molecule has 0 heterocycles. The van der Waals surface area contributed by atoms with Gasteiger partial charge in [-0.15, -0.1) is 0 Å². The summed E-state index contributed by atoms with van der Waals surface area (Å²) < 4.78 is 5.25. The molecule has 112 valence electrons. The Balaban J connectivity index is 2.96. The Morgan fingerprint density at radius 3 is 2.65 bits per heavy atom. The Labute approximate surface area is 118 Å². The van der Waals surface area contributed by atoms with Crippen molar-refractivity contribution in [3.63, 3.8) is 0 Å². The summed E-state index contributed by atoms with van der Waals surface area (Å²) in [6, 6.07) is 4.85. The summed E-state index contributed by atoms with van der Waals surface area (Å²) in [5.74, 6) is 0.280. The SMILES string of the molecule is CCOc1ccc(C(C)NC(CC)CO)cc1[N+](=O)[O-]. The van der Waals surface area contributed by atoms with E-state index in [0.717, 1.165) is 12.0 Å². The van der Waals surface area contributed by atoms with Gasteiger partial charge in [-0.25, -0.2) is 0 Å². The van der Waals surface area contributed by atoms with E-state index in [0.29, 0.717) is 6.61 Å². The lowest BCUT2D eigenvalue weighted by molar-refractivity contribution is -0.385. The number of nitro benzene ring substituents is 1. The minimum Gasteiger partial charge on any atom is -0.487 e. The van der Waals surface area contributed by atoms with Crippen molar-refractivity contribution in [1.82, 2.24) is 5.32 Å². The van der Waals surface area contributed by atoms with Crippen LogP contribution in [0.4, 0.5) is 5.69 Å². The summed E-state index contributed by atoms with van der Waals surface area (Å²) in [6.07, 6.45) is 0.792. The molecule has 0 saturated heterocycles. The first kappa shape index (κ1) is 16.4. The van der Waals surface area contributed by atoms with Gasteiger partial charge < -0.3 is 15.2 Å². The van der Waals surface area contributed by atoms with Gasteiger partial charge in [-0.1, -0.05) is 13.0 Å². The largest absolute Gasteiger partial charge is 0.487 e. The van der Waals surface area contributed by atoms with Gasteiger partial charge in [0.1, 0.15) is 0 Å². The zero-order valence-electron chi connectivity index (χ0n) is 12.1. The van der Waals surface area contributed by atoms with Gasteiger partial charge in [0.15, 0.2) is 5.75 Å². The van der Waals surface area contributed by atoms with Crippen LogP contribution in [0.3, 0.4) is 0 Å². The van der Waals surface area contributed by atoms with Crippen molar-refractivity contribution in [3.8, 4) is 5.75 Å². The number of ether oxygens (including phenoxy) is 1. The second-order valence-corrected chi connectivity index (χ2v) is 4.59. The van der Waals surface area contributed by atoms with Crippen molar-refractivity contribution in [2.45, 2.75) is 39.3 Å². The lowest BCUT2D eigenvalue weighted by Gasteiger charge is -2.21. The van der Waals surface area contributed by atoms with Crippen molar-refractivity contribution in [3.05, 3.63) is 33.9 Å². The van der Waals surface area contributed by atoms with Gasteiger partial charge in [0, 0.05) is 18.2 Å². The average molecular weight is 282 g/mol. The molecular weight excluding hydrogens is 260 g/mol. The third-order valence-electron chi connectivity index (χ3n) is 3.18. The van der Waals surface area contributed by atoms with E-state index in [9.17, 15) is 15.2 Å². The first-order valence-corrected chi connectivity index (χ1v) is 6.81. The van der Waals surface area contributed by atoms with Crippen LogP contribution < -0.4 is 10.1 Å². The van der Waals surface area contributed by atoms with E-state index in [-0.39, 0.29) is 30.1 Å². The highest BCUT2D eigenvalue weighted by atomic mass is 16.6. The quantitative estimate of drug-likeness (QED) is 0.565. The molecule has 0 amide bonds. The summed E-state index contributed by atoms with van der Waals surface area (Å²) in [6.45, 7) is 6.10. The number of hydrogen-bond acceptors (Lipinski definition) is 5. The Kier molecular flexibility index (Phi) is 6.41. The molecule has 6 nitrogen and oxygen atoms in total. The van der Waals surface area contributed by atoms with E-state index in [1.165, 1.54) is 6.07 Å². The highest BCUT2D eigenvalue weighted by Crippen LogP contribution is 2.30. The minimum absolute atomic E-state index is 0.0179. The van der Waals surface area contributed by atoms with Crippen LogP contribution in [0.1, 0.15) is 38.8 Å². The Bertz CT molecular complexity index is 447. The predicted octanol–water partition coefficient (Wildman–Crippen LogP) is 2.42. The van der Waals surface area contributed by atoms with Crippen molar-refractivity contribution < 1.29 is 14.8 Å². The molecule has 0 radical (unpaired) electrons. The van der Waals surface area contributed by atoms with Crippen LogP contribution in [0, 0.1) is 10.1 Å². The fraction of sp³-hybridized carbons (Fsp3) is 0.571. The summed E-state index contributed by atoms with van der Waals surface area (Å²) in [4.78, 5) is 10.6. The molecular formula is C14H22N2O4. The fourth-order valence-electron chi connectivity index (χ4n) is 1.97. The second kappa shape index (κ2) is 7.81. The normalized spacial score (nSPS) is 13.8. The van der Waals surface area contributed by atoms with E-state index in [1.54, 1.807) is 19.1 Å². The van der Waals surface area contributed by atoms with Crippen LogP contribution in [0.25, 0.3) is 0 Å². The second-order valence-electron chi connectivity index (χ2n) is 4.59. The maximum absolute atomic E-state index is 11.1. The number of benzene rings is 1. The van der Waals surface area contributed by atoms with Gasteiger partial charge in [0.05, 0.1) is 18.1 Å². The molecule has 6 heteroatoms. The smallest absolute Gasteiger partial charge is 0.311 e. The summed E-state index contributed by atoms with van der Waals surface area (Å²) in [5.41, 5.74) is 0.766. The summed E-state index contributed by atoms with van der Waals surface area (Å²) >= 11 is 0. The molecule has 0 aromatic heterocycles. The molecule has 0 bridgehead atoms. The fourth-order valence-corrected chi connectivity index (χ4v) is 1.97. The standard InChI is InChI=1S/C14H22N2O4/c1-4-12(9-17)15-10(3)11-6-7-14(20-5-2)13(8-11)16(18)19/h6-8,10,12,15,17H,4-5,9H2,1-3H3. The molecule has 1 aromatic carbocycles. The molecule has 20 heavy (non-hydrogen) atoms. The zero-order valence-corrected chi connectivity index (χ0v) is 12.1. The van der Waals surface area contributed by atoms with Gasteiger partial charge in [0.25, 0.3) is 0 Å². The molecule has 2 atom stereocenters. The van der Waals surface area contributed by atoms with Gasteiger partial charge >= 0.3 is 5.69 Å². The lowest BCUT2D eigenvalue weighted by atomic mass is 10.1. The third kappa shape index (κ3) is 4.18. The molecule has 0 aliphatic rings. The number of nitrogens with one attached hydrogen (secondary N) is 1. The maximum Gasteiger partial charge on any atom is 0.311 e. The Morgan fingerprint density at radius 1 is 1.45 bits per heavy atom. The van der Waals surface area contributed by atoms with Crippen LogP contribution in [0.2, 0.25) is 0 Å². The van der Waals surface area contributed by atoms with E-state index in [2.05, 4.69) is 5.32 Å². The van der Waals surface area contributed by atoms with Crippen molar-refractivity contribution in [2.24, 2.45) is 0 Å². The zero-order chi connectivity index (χ0) is 15.1. The molecule has 0 fully saturated rings. The highest BCUT2D eigenvalue weighted by Gasteiger charge is 2.19. The molecule has 0 aliphatic heterocycles. The molecule has 2 N–H and O–H groups in total. The monoisotopic (exact) mass is 282 g/mol. The number of aliphatic hydroxyl groups is 1. The van der Waals surface area contributed by atoms with Gasteiger partial charge in [-0.2, -0.15) is 0 Å². The summed E-state index contributed by atoms with van der Waals surface area (Å²) in [5, 5.41) is 23.5. The molecule has 0 aliphatic carbocycles. The Morgan fingerprint density at radius 2 is 2.15 bits per heavy atom. The topological polar surface area (TPSA) is 84.6 Å². The van der Waals surface area contributed by atoms with Gasteiger partial charge in [-0.05, 0) is 31.9 Å².